The average molecular weight is 366 g/mol. The van der Waals surface area contributed by atoms with Crippen molar-refractivity contribution in [3.8, 4) is 11.4 Å². The summed E-state index contributed by atoms with van der Waals surface area (Å²) in [5, 5.41) is 9.17. The number of hydrogen-bond donors (Lipinski definition) is 2. The highest BCUT2D eigenvalue weighted by Crippen LogP contribution is 2.17. The van der Waals surface area contributed by atoms with Crippen molar-refractivity contribution >= 4 is 23.2 Å². The topological polar surface area (TPSA) is 106 Å². The molecular formula is C19H18N4O4. The van der Waals surface area contributed by atoms with Crippen LogP contribution < -0.4 is 16.4 Å². The average Bonchev–Trinajstić information content (AvgIpc) is 3.03. The van der Waals surface area contributed by atoms with Crippen molar-refractivity contribution in [2.24, 2.45) is 0 Å². The van der Waals surface area contributed by atoms with E-state index >= 15 is 0 Å². The van der Waals surface area contributed by atoms with Gasteiger partial charge in [0, 0.05) is 23.4 Å². The molecule has 8 nitrogen and oxygen atoms in total. The Labute approximate surface area is 154 Å². The van der Waals surface area contributed by atoms with Gasteiger partial charge in [0.2, 0.25) is 11.8 Å². The molecule has 0 radical (unpaired) electrons. The van der Waals surface area contributed by atoms with E-state index in [1.807, 2.05) is 6.07 Å². The van der Waals surface area contributed by atoms with Gasteiger partial charge in [-0.25, -0.2) is 9.36 Å². The van der Waals surface area contributed by atoms with Crippen molar-refractivity contribution in [3.05, 3.63) is 65.1 Å². The van der Waals surface area contributed by atoms with E-state index in [0.29, 0.717) is 23.4 Å². The highest BCUT2D eigenvalue weighted by Gasteiger charge is 2.16. The van der Waals surface area contributed by atoms with Crippen molar-refractivity contribution in [2.45, 2.75) is 19.9 Å². The minimum atomic E-state index is -0.715. The van der Waals surface area contributed by atoms with E-state index in [2.05, 4.69) is 15.8 Å². The maximum absolute atomic E-state index is 12.4. The molecule has 1 aromatic heterocycles. The molecule has 3 rings (SSSR count). The van der Waals surface area contributed by atoms with Crippen LogP contribution in [0.3, 0.4) is 0 Å². The van der Waals surface area contributed by atoms with E-state index < -0.39 is 11.7 Å². The molecule has 0 unspecified atom stereocenters. The van der Waals surface area contributed by atoms with Crippen LogP contribution in [0.15, 0.2) is 63.9 Å². The molecule has 138 valence electrons. The molecular weight excluding hydrogens is 348 g/mol. The normalized spacial score (nSPS) is 10.4. The fourth-order valence-electron chi connectivity index (χ4n) is 2.47. The van der Waals surface area contributed by atoms with E-state index in [1.165, 1.54) is 0 Å². The minimum Gasteiger partial charge on any atom is -0.326 e. The second kappa shape index (κ2) is 8.13. The largest absolute Gasteiger partial charge is 0.442 e. The molecule has 0 saturated carbocycles. The maximum Gasteiger partial charge on any atom is 0.442 e. The summed E-state index contributed by atoms with van der Waals surface area (Å²) in [6.07, 6.45) is 0.356. The van der Waals surface area contributed by atoms with Crippen molar-refractivity contribution in [2.75, 3.05) is 10.6 Å². The molecule has 2 aromatic carbocycles. The number of anilines is 2. The Morgan fingerprint density at radius 2 is 1.67 bits per heavy atom. The first-order valence-corrected chi connectivity index (χ1v) is 8.38. The van der Waals surface area contributed by atoms with Gasteiger partial charge in [-0.2, -0.15) is 0 Å². The van der Waals surface area contributed by atoms with Gasteiger partial charge >= 0.3 is 5.76 Å². The van der Waals surface area contributed by atoms with Crippen LogP contribution >= 0.6 is 0 Å². The highest BCUT2D eigenvalue weighted by molar-refractivity contribution is 5.94. The third kappa shape index (κ3) is 4.49. The number of benzene rings is 2. The van der Waals surface area contributed by atoms with Crippen LogP contribution in [0.2, 0.25) is 0 Å². The smallest absolute Gasteiger partial charge is 0.326 e. The third-order valence-corrected chi connectivity index (χ3v) is 3.77. The molecule has 0 saturated heterocycles. The van der Waals surface area contributed by atoms with Crippen molar-refractivity contribution in [3.63, 3.8) is 0 Å². The highest BCUT2D eigenvalue weighted by atomic mass is 16.5. The predicted molar refractivity (Wildman–Crippen MR) is 100 cm³/mol. The number of rotatable bonds is 6. The lowest BCUT2D eigenvalue weighted by atomic mass is 10.2. The zero-order valence-electron chi connectivity index (χ0n) is 14.6. The second-order valence-electron chi connectivity index (χ2n) is 5.75. The van der Waals surface area contributed by atoms with Gasteiger partial charge in [-0.15, -0.1) is 0 Å². The van der Waals surface area contributed by atoms with E-state index in [4.69, 9.17) is 4.52 Å². The lowest BCUT2D eigenvalue weighted by molar-refractivity contribution is -0.117. The Hall–Kier alpha value is -3.68. The van der Waals surface area contributed by atoms with Gasteiger partial charge < -0.3 is 10.6 Å². The van der Waals surface area contributed by atoms with Crippen LogP contribution in [0.1, 0.15) is 13.3 Å². The number of amides is 2. The molecule has 2 N–H and O–H groups in total. The van der Waals surface area contributed by atoms with E-state index in [1.54, 1.807) is 55.5 Å². The SMILES string of the molecule is CCC(=O)Nc1cccc(NC(=O)Cn2c(-c3ccccc3)noc2=O)c1. The first-order chi connectivity index (χ1) is 13.1. The van der Waals surface area contributed by atoms with E-state index in [9.17, 15) is 14.4 Å². The quantitative estimate of drug-likeness (QED) is 0.697. The number of hydrogen-bond acceptors (Lipinski definition) is 5. The Balaban J connectivity index is 1.74. The van der Waals surface area contributed by atoms with Crippen molar-refractivity contribution in [1.82, 2.24) is 9.72 Å². The summed E-state index contributed by atoms with van der Waals surface area (Å²) in [6, 6.07) is 15.7. The molecule has 8 heteroatoms. The molecule has 0 aliphatic heterocycles. The Morgan fingerprint density at radius 1 is 1.00 bits per heavy atom. The summed E-state index contributed by atoms with van der Waals surface area (Å²) in [6.45, 7) is 1.50. The summed E-state index contributed by atoms with van der Waals surface area (Å²) < 4.78 is 5.87. The summed E-state index contributed by atoms with van der Waals surface area (Å²) in [7, 11) is 0. The van der Waals surface area contributed by atoms with Crippen LogP contribution in [0.5, 0.6) is 0 Å². The van der Waals surface area contributed by atoms with Gasteiger partial charge in [-0.05, 0) is 18.2 Å². The van der Waals surface area contributed by atoms with Gasteiger partial charge in [-0.3, -0.25) is 14.1 Å². The number of nitrogens with zero attached hydrogens (tertiary/aromatic N) is 2. The fourth-order valence-corrected chi connectivity index (χ4v) is 2.47. The molecule has 0 aliphatic rings. The summed E-state index contributed by atoms with van der Waals surface area (Å²) in [4.78, 5) is 35.8. The standard InChI is InChI=1S/C19H18N4O4/c1-2-16(24)20-14-9-6-10-15(11-14)21-17(25)12-23-18(22-27-19(23)26)13-7-4-3-5-8-13/h3-11H,2,12H2,1H3,(H,20,24)(H,21,25). The van der Waals surface area contributed by atoms with Crippen molar-refractivity contribution in [1.29, 1.82) is 0 Å². The van der Waals surface area contributed by atoms with E-state index in [0.717, 1.165) is 4.57 Å². The first-order valence-electron chi connectivity index (χ1n) is 8.38. The first kappa shape index (κ1) is 18.1. The number of carbonyl (C=O) groups excluding carboxylic acids is 2. The van der Waals surface area contributed by atoms with Crippen LogP contribution in [0.4, 0.5) is 11.4 Å². The van der Waals surface area contributed by atoms with Crippen molar-refractivity contribution < 1.29 is 14.1 Å². The lowest BCUT2D eigenvalue weighted by Crippen LogP contribution is -2.25. The maximum atomic E-state index is 12.4. The zero-order chi connectivity index (χ0) is 19.2. The number of carbonyl (C=O) groups is 2. The number of aromatic nitrogens is 2. The summed E-state index contributed by atoms with van der Waals surface area (Å²) >= 11 is 0. The molecule has 0 spiro atoms. The summed E-state index contributed by atoms with van der Waals surface area (Å²) in [5.41, 5.74) is 1.74. The monoisotopic (exact) mass is 366 g/mol. The van der Waals surface area contributed by atoms with Gasteiger partial charge in [-0.1, -0.05) is 48.5 Å². The lowest BCUT2D eigenvalue weighted by Gasteiger charge is -2.09. The molecule has 27 heavy (non-hydrogen) atoms. The van der Waals surface area contributed by atoms with Crippen LogP contribution in [-0.4, -0.2) is 21.5 Å². The molecule has 2 amide bonds. The minimum absolute atomic E-state index is 0.123. The molecule has 3 aromatic rings. The van der Waals surface area contributed by atoms with Gasteiger partial charge in [0.1, 0.15) is 6.54 Å². The van der Waals surface area contributed by atoms with Crippen LogP contribution in [0, 0.1) is 0 Å². The van der Waals surface area contributed by atoms with Gasteiger partial charge in [0.05, 0.1) is 0 Å². The van der Waals surface area contributed by atoms with Gasteiger partial charge in [0.15, 0.2) is 5.82 Å². The van der Waals surface area contributed by atoms with Crippen LogP contribution in [-0.2, 0) is 16.1 Å². The molecule has 0 aliphatic carbocycles. The molecule has 0 fully saturated rings. The fraction of sp³-hybridized carbons (Fsp3) is 0.158. The second-order valence-corrected chi connectivity index (χ2v) is 5.75. The summed E-state index contributed by atoms with van der Waals surface area (Å²) in [5.74, 6) is -0.980. The molecule has 0 atom stereocenters. The zero-order valence-corrected chi connectivity index (χ0v) is 14.6. The van der Waals surface area contributed by atoms with E-state index in [-0.39, 0.29) is 18.3 Å². The number of nitrogens with one attached hydrogen (secondary N) is 2. The Kier molecular flexibility index (Phi) is 5.46. The predicted octanol–water partition coefficient (Wildman–Crippen LogP) is 2.49. The molecule has 1 heterocycles. The van der Waals surface area contributed by atoms with Gasteiger partial charge in [0.25, 0.3) is 0 Å². The Bertz CT molecular complexity index is 1010. The third-order valence-electron chi connectivity index (χ3n) is 3.77. The Morgan fingerprint density at radius 3 is 2.33 bits per heavy atom. The molecule has 0 bridgehead atoms. The van der Waals surface area contributed by atoms with Crippen LogP contribution in [0.25, 0.3) is 11.4 Å².